The number of carbonyl (C=O) groups excluding carboxylic acids is 1. The molecule has 0 spiro atoms. The average Bonchev–Trinajstić information content (AvgIpc) is 3.25. The predicted molar refractivity (Wildman–Crippen MR) is 154 cm³/mol. The third-order valence-corrected chi connectivity index (χ3v) is 7.72. The zero-order valence-corrected chi connectivity index (χ0v) is 23.0. The number of fused-ring (bicyclic) bond motifs is 1. The zero-order chi connectivity index (χ0) is 27.4. The first kappa shape index (κ1) is 26.6. The number of rotatable bonds is 9. The minimum atomic E-state index is -3.14. The Morgan fingerprint density at radius 1 is 1.05 bits per heavy atom. The van der Waals surface area contributed by atoms with Crippen molar-refractivity contribution in [3.05, 3.63) is 66.4 Å². The molecule has 0 unspecified atom stereocenters. The van der Waals surface area contributed by atoms with Gasteiger partial charge in [-0.15, -0.1) is 0 Å². The van der Waals surface area contributed by atoms with E-state index in [4.69, 9.17) is 4.98 Å². The molecule has 39 heavy (non-hydrogen) atoms. The Balaban J connectivity index is 1.35. The fourth-order valence-electron chi connectivity index (χ4n) is 4.97. The largest absolute Gasteiger partial charge is 0.341 e. The van der Waals surface area contributed by atoms with E-state index in [1.807, 2.05) is 52.9 Å². The van der Waals surface area contributed by atoms with Crippen LogP contribution >= 0.6 is 0 Å². The van der Waals surface area contributed by atoms with Crippen LogP contribution in [-0.2, 0) is 27.1 Å². The van der Waals surface area contributed by atoms with Gasteiger partial charge in [0.25, 0.3) is 0 Å². The van der Waals surface area contributed by atoms with Gasteiger partial charge in [0.1, 0.15) is 5.82 Å². The van der Waals surface area contributed by atoms with Crippen molar-refractivity contribution < 1.29 is 13.2 Å². The molecular formula is C28H33N7O3S. The number of imidazole rings is 1. The first-order valence-electron chi connectivity index (χ1n) is 13.1. The highest BCUT2D eigenvalue weighted by atomic mass is 32.2. The molecule has 2 N–H and O–H groups in total. The smallest absolute Gasteiger partial charge is 0.229 e. The molecule has 0 radical (unpaired) electrons. The van der Waals surface area contributed by atoms with Crippen molar-refractivity contribution in [2.24, 2.45) is 5.92 Å². The minimum Gasteiger partial charge on any atom is -0.341 e. The standard InChI is InChI=1S/C28H33N7O3S/c1-34(25-15-16-29-27(32-25)30-22-12-8-9-20(17-22)18-39(2,37)38)19-35-24-14-7-6-13-23(24)31-28(35)33-26(36)21-10-4-3-5-11-21/h6-9,12-17,21H,3-5,10-11,18-19H2,1-2H3,(H,29,30,32)(H,31,33,36). The number of carbonyl (C=O) groups is 1. The van der Waals surface area contributed by atoms with Crippen molar-refractivity contribution in [1.29, 1.82) is 0 Å². The van der Waals surface area contributed by atoms with Crippen LogP contribution in [0.4, 0.5) is 23.4 Å². The van der Waals surface area contributed by atoms with Gasteiger partial charge in [0.2, 0.25) is 17.8 Å². The van der Waals surface area contributed by atoms with Crippen LogP contribution < -0.4 is 15.5 Å². The van der Waals surface area contributed by atoms with Gasteiger partial charge in [0, 0.05) is 31.1 Å². The molecule has 204 valence electrons. The molecule has 1 fully saturated rings. The Bertz CT molecular complexity index is 1580. The van der Waals surface area contributed by atoms with E-state index in [1.165, 1.54) is 12.7 Å². The summed E-state index contributed by atoms with van der Waals surface area (Å²) in [6.45, 7) is 0.404. The number of hydrogen-bond acceptors (Lipinski definition) is 8. The number of para-hydroxylation sites is 2. The Labute approximate surface area is 228 Å². The molecule has 1 aliphatic rings. The monoisotopic (exact) mass is 547 g/mol. The van der Waals surface area contributed by atoms with Gasteiger partial charge < -0.3 is 10.2 Å². The van der Waals surface area contributed by atoms with Crippen LogP contribution in [0, 0.1) is 5.92 Å². The van der Waals surface area contributed by atoms with E-state index < -0.39 is 9.84 Å². The number of anilines is 4. The summed E-state index contributed by atoms with van der Waals surface area (Å²) in [5, 5.41) is 6.26. The lowest BCUT2D eigenvalue weighted by atomic mass is 9.89. The summed E-state index contributed by atoms with van der Waals surface area (Å²) in [5.74, 6) is 1.59. The number of amides is 1. The van der Waals surface area contributed by atoms with Crippen LogP contribution in [0.15, 0.2) is 60.8 Å². The van der Waals surface area contributed by atoms with Crippen LogP contribution in [-0.4, -0.2) is 47.1 Å². The Kier molecular flexibility index (Phi) is 7.78. The van der Waals surface area contributed by atoms with Crippen molar-refractivity contribution in [2.75, 3.05) is 28.8 Å². The van der Waals surface area contributed by atoms with Gasteiger partial charge in [-0.1, -0.05) is 43.5 Å². The molecule has 0 bridgehead atoms. The topological polar surface area (TPSA) is 122 Å². The van der Waals surface area contributed by atoms with E-state index in [1.54, 1.807) is 24.4 Å². The number of aromatic nitrogens is 4. The summed E-state index contributed by atoms with van der Waals surface area (Å²) in [4.78, 5) is 28.7. The Morgan fingerprint density at radius 3 is 2.64 bits per heavy atom. The average molecular weight is 548 g/mol. The van der Waals surface area contributed by atoms with Gasteiger partial charge in [-0.2, -0.15) is 4.98 Å². The molecule has 2 aromatic heterocycles. The maximum absolute atomic E-state index is 13.0. The number of sulfone groups is 1. The molecule has 10 nitrogen and oxygen atoms in total. The summed E-state index contributed by atoms with van der Waals surface area (Å²) >= 11 is 0. The Morgan fingerprint density at radius 2 is 1.85 bits per heavy atom. The second kappa shape index (κ2) is 11.4. The highest BCUT2D eigenvalue weighted by Gasteiger charge is 2.23. The zero-order valence-electron chi connectivity index (χ0n) is 22.2. The second-order valence-electron chi connectivity index (χ2n) is 10.1. The molecule has 1 amide bonds. The lowest BCUT2D eigenvalue weighted by Crippen LogP contribution is -2.28. The quantitative estimate of drug-likeness (QED) is 0.309. The number of benzene rings is 2. The van der Waals surface area contributed by atoms with E-state index >= 15 is 0 Å². The van der Waals surface area contributed by atoms with Gasteiger partial charge in [0.05, 0.1) is 23.5 Å². The molecular weight excluding hydrogens is 514 g/mol. The summed E-state index contributed by atoms with van der Waals surface area (Å²) in [6.07, 6.45) is 8.08. The summed E-state index contributed by atoms with van der Waals surface area (Å²) in [6, 6.07) is 16.8. The lowest BCUT2D eigenvalue weighted by molar-refractivity contribution is -0.120. The third kappa shape index (κ3) is 6.72. The molecule has 2 aromatic carbocycles. The van der Waals surface area contributed by atoms with Crippen molar-refractivity contribution in [3.8, 4) is 0 Å². The predicted octanol–water partition coefficient (Wildman–Crippen LogP) is 4.73. The van der Waals surface area contributed by atoms with Crippen molar-refractivity contribution in [3.63, 3.8) is 0 Å². The third-order valence-electron chi connectivity index (χ3n) is 6.86. The highest BCUT2D eigenvalue weighted by molar-refractivity contribution is 7.89. The minimum absolute atomic E-state index is 0.0242. The van der Waals surface area contributed by atoms with E-state index in [0.717, 1.165) is 36.7 Å². The van der Waals surface area contributed by atoms with Crippen molar-refractivity contribution in [2.45, 2.75) is 44.5 Å². The van der Waals surface area contributed by atoms with E-state index in [0.29, 0.717) is 35.6 Å². The normalized spacial score (nSPS) is 14.3. The molecule has 4 aromatic rings. The van der Waals surface area contributed by atoms with Crippen LogP contribution in [0.25, 0.3) is 11.0 Å². The van der Waals surface area contributed by atoms with Crippen molar-refractivity contribution >= 4 is 50.2 Å². The van der Waals surface area contributed by atoms with E-state index in [-0.39, 0.29) is 17.6 Å². The molecule has 11 heteroatoms. The fourth-order valence-corrected chi connectivity index (χ4v) is 5.75. The van der Waals surface area contributed by atoms with Gasteiger partial charge >= 0.3 is 0 Å². The maximum Gasteiger partial charge on any atom is 0.229 e. The molecule has 5 rings (SSSR count). The van der Waals surface area contributed by atoms with Gasteiger partial charge in [0.15, 0.2) is 9.84 Å². The molecule has 2 heterocycles. The maximum atomic E-state index is 13.0. The fraction of sp³-hybridized carbons (Fsp3) is 0.357. The molecule has 0 aliphatic heterocycles. The van der Waals surface area contributed by atoms with Crippen LogP contribution in [0.1, 0.15) is 37.7 Å². The summed E-state index contributed by atoms with van der Waals surface area (Å²) in [7, 11) is -1.23. The Hall–Kier alpha value is -3.99. The summed E-state index contributed by atoms with van der Waals surface area (Å²) in [5.41, 5.74) is 3.11. The van der Waals surface area contributed by atoms with E-state index in [2.05, 4.69) is 20.6 Å². The summed E-state index contributed by atoms with van der Waals surface area (Å²) < 4.78 is 25.4. The SMILES string of the molecule is CN(Cn1c(NC(=O)C2CCCCC2)nc2ccccc21)c1ccnc(Nc2cccc(CS(C)(=O)=O)c2)n1. The first-order chi connectivity index (χ1) is 18.7. The molecule has 1 aliphatic carbocycles. The first-order valence-corrected chi connectivity index (χ1v) is 15.2. The highest BCUT2D eigenvalue weighted by Crippen LogP contribution is 2.27. The van der Waals surface area contributed by atoms with E-state index in [9.17, 15) is 13.2 Å². The molecule has 0 atom stereocenters. The van der Waals surface area contributed by atoms with Gasteiger partial charge in [-0.3, -0.25) is 14.7 Å². The van der Waals surface area contributed by atoms with Crippen LogP contribution in [0.5, 0.6) is 0 Å². The number of nitrogens with zero attached hydrogens (tertiary/aromatic N) is 5. The second-order valence-corrected chi connectivity index (χ2v) is 12.3. The molecule has 0 saturated heterocycles. The van der Waals surface area contributed by atoms with Crippen molar-refractivity contribution in [1.82, 2.24) is 19.5 Å². The number of hydrogen-bond donors (Lipinski definition) is 2. The lowest BCUT2D eigenvalue weighted by Gasteiger charge is -2.23. The number of nitrogens with one attached hydrogen (secondary N) is 2. The van der Waals surface area contributed by atoms with Gasteiger partial charge in [-0.25, -0.2) is 18.4 Å². The molecule has 1 saturated carbocycles. The van der Waals surface area contributed by atoms with Gasteiger partial charge in [-0.05, 0) is 48.7 Å². The van der Waals surface area contributed by atoms with Crippen LogP contribution in [0.3, 0.4) is 0 Å². The van der Waals surface area contributed by atoms with Crippen LogP contribution in [0.2, 0.25) is 0 Å².